The summed E-state index contributed by atoms with van der Waals surface area (Å²) in [6, 6.07) is 4.40. The Balaban J connectivity index is 1.39. The molecule has 2 amide bonds. The average molecular weight is 603 g/mol. The van der Waals surface area contributed by atoms with Gasteiger partial charge in [-0.25, -0.2) is 4.39 Å². The van der Waals surface area contributed by atoms with E-state index in [-0.39, 0.29) is 35.5 Å². The van der Waals surface area contributed by atoms with Gasteiger partial charge in [-0.1, -0.05) is 33.1 Å². The molecule has 3 atom stereocenters. The molecule has 2 N–H and O–H groups in total. The number of halogens is 1. The van der Waals surface area contributed by atoms with Crippen molar-refractivity contribution in [2.45, 2.75) is 83.8 Å². The maximum atomic E-state index is 14.2. The molecule has 2 fully saturated rings. The number of ether oxygens (including phenoxy) is 3. The van der Waals surface area contributed by atoms with E-state index in [4.69, 9.17) is 14.2 Å². The number of likely N-dealkylation sites (tertiary alicyclic amines) is 1. The zero-order valence-corrected chi connectivity index (χ0v) is 26.2. The summed E-state index contributed by atoms with van der Waals surface area (Å²) in [5, 5.41) is 7.67. The normalized spacial score (nSPS) is 19.1. The fourth-order valence-electron chi connectivity index (χ4n) is 6.29. The van der Waals surface area contributed by atoms with Crippen LogP contribution in [0.3, 0.4) is 0 Å². The van der Waals surface area contributed by atoms with Gasteiger partial charge in [-0.2, -0.15) is 0 Å². The molecular formula is C33H51FN4O5. The molecule has 1 saturated carbocycles. The first-order valence-electron chi connectivity index (χ1n) is 16.2. The summed E-state index contributed by atoms with van der Waals surface area (Å²) in [6.45, 7) is 8.34. The summed E-state index contributed by atoms with van der Waals surface area (Å²) < 4.78 is 32.4. The monoisotopic (exact) mass is 602 g/mol. The first-order chi connectivity index (χ1) is 20.9. The van der Waals surface area contributed by atoms with Crippen molar-refractivity contribution in [3.05, 3.63) is 30.2 Å². The summed E-state index contributed by atoms with van der Waals surface area (Å²) in [5.74, 6) is -0.178. The number of rotatable bonds is 17. The number of methoxy groups -OCH3 is 1. The second kappa shape index (κ2) is 17.0. The maximum Gasteiger partial charge on any atom is 0.245 e. The highest BCUT2D eigenvalue weighted by atomic mass is 19.1. The van der Waals surface area contributed by atoms with E-state index in [1.54, 1.807) is 19.2 Å². The predicted molar refractivity (Wildman–Crippen MR) is 167 cm³/mol. The molecule has 0 spiro atoms. The molecular weight excluding hydrogens is 551 g/mol. The van der Waals surface area contributed by atoms with Gasteiger partial charge < -0.3 is 34.3 Å². The minimum atomic E-state index is -0.460. The van der Waals surface area contributed by atoms with Gasteiger partial charge in [0.05, 0.1) is 44.2 Å². The fraction of sp³-hybridized carbons (Fsp3) is 0.697. The average Bonchev–Trinajstić information content (AvgIpc) is 3.63. The molecule has 1 aliphatic heterocycles. The SMILES string of the molecule is CC[C@@H](C)C(=O)N[C@H](C(=O)N1CCCC1CNc1cn(CCOCCOCCOC)c2cc(F)ccc12)C1CCCCC1. The molecule has 1 saturated heterocycles. The quantitative estimate of drug-likeness (QED) is 0.248. The standard InChI is InChI=1S/C33H51FN4O5/c1-4-24(2)32(39)36-31(25-9-6-5-7-10-25)33(40)38-14-8-11-27(38)22-35-29-23-37(30-21-26(34)12-13-28(29)30)15-16-42-19-20-43-18-17-41-3/h12-13,21,23-25,27,31,35H,4-11,14-20,22H2,1-3H3,(H,36,39)/t24-,27?,31+/m1/s1. The Kier molecular flexibility index (Phi) is 13.1. The lowest BCUT2D eigenvalue weighted by Gasteiger charge is -2.35. The van der Waals surface area contributed by atoms with Gasteiger partial charge in [0.1, 0.15) is 11.9 Å². The third-order valence-electron chi connectivity index (χ3n) is 9.06. The molecule has 2 heterocycles. The molecule has 1 aromatic carbocycles. The number of fused-ring (bicyclic) bond motifs is 1. The molecule has 4 rings (SSSR count). The lowest BCUT2D eigenvalue weighted by atomic mass is 9.83. The number of hydrogen-bond acceptors (Lipinski definition) is 6. The minimum absolute atomic E-state index is 0.0251. The largest absolute Gasteiger partial charge is 0.382 e. The molecule has 2 aromatic rings. The Morgan fingerprint density at radius 1 is 1.02 bits per heavy atom. The van der Waals surface area contributed by atoms with Crippen LogP contribution in [0.25, 0.3) is 10.9 Å². The zero-order chi connectivity index (χ0) is 30.6. The van der Waals surface area contributed by atoms with Crippen LogP contribution in [0.2, 0.25) is 0 Å². The number of carbonyl (C=O) groups excluding carboxylic acids is 2. The van der Waals surface area contributed by atoms with Gasteiger partial charge in [0, 0.05) is 50.3 Å². The van der Waals surface area contributed by atoms with Crippen molar-refractivity contribution < 1.29 is 28.2 Å². The molecule has 43 heavy (non-hydrogen) atoms. The minimum Gasteiger partial charge on any atom is -0.382 e. The van der Waals surface area contributed by atoms with Crippen molar-refractivity contribution in [2.75, 3.05) is 58.6 Å². The molecule has 9 nitrogen and oxygen atoms in total. The lowest BCUT2D eigenvalue weighted by molar-refractivity contribution is -0.139. The number of carbonyl (C=O) groups is 2. The lowest BCUT2D eigenvalue weighted by Crippen LogP contribution is -2.55. The molecule has 1 aromatic heterocycles. The van der Waals surface area contributed by atoms with Gasteiger partial charge in [0.15, 0.2) is 0 Å². The number of amides is 2. The summed E-state index contributed by atoms with van der Waals surface area (Å²) in [5.41, 5.74) is 1.71. The first kappa shape index (κ1) is 33.2. The predicted octanol–water partition coefficient (Wildman–Crippen LogP) is 4.97. The van der Waals surface area contributed by atoms with Crippen LogP contribution in [0.15, 0.2) is 24.4 Å². The van der Waals surface area contributed by atoms with Gasteiger partial charge in [-0.05, 0) is 56.2 Å². The summed E-state index contributed by atoms with van der Waals surface area (Å²) in [4.78, 5) is 28.9. The van der Waals surface area contributed by atoms with Crippen molar-refractivity contribution in [2.24, 2.45) is 11.8 Å². The van der Waals surface area contributed by atoms with Crippen molar-refractivity contribution in [3.8, 4) is 0 Å². The molecule has 10 heteroatoms. The highest BCUT2D eigenvalue weighted by Crippen LogP contribution is 2.31. The van der Waals surface area contributed by atoms with E-state index >= 15 is 0 Å². The highest BCUT2D eigenvalue weighted by Gasteiger charge is 2.38. The van der Waals surface area contributed by atoms with Crippen LogP contribution < -0.4 is 10.6 Å². The van der Waals surface area contributed by atoms with E-state index in [9.17, 15) is 14.0 Å². The first-order valence-corrected chi connectivity index (χ1v) is 16.2. The van der Waals surface area contributed by atoms with Crippen molar-refractivity contribution in [1.29, 1.82) is 0 Å². The van der Waals surface area contributed by atoms with Crippen molar-refractivity contribution >= 4 is 28.4 Å². The van der Waals surface area contributed by atoms with Crippen LogP contribution in [0.5, 0.6) is 0 Å². The Labute approximate surface area is 255 Å². The van der Waals surface area contributed by atoms with Crippen LogP contribution in [0.1, 0.15) is 65.2 Å². The van der Waals surface area contributed by atoms with E-state index < -0.39 is 6.04 Å². The highest BCUT2D eigenvalue weighted by molar-refractivity contribution is 5.93. The Hall–Kier alpha value is -2.69. The van der Waals surface area contributed by atoms with Crippen LogP contribution in [-0.4, -0.2) is 86.6 Å². The second-order valence-electron chi connectivity index (χ2n) is 12.0. The molecule has 1 unspecified atom stereocenters. The maximum absolute atomic E-state index is 14.2. The van der Waals surface area contributed by atoms with Gasteiger partial charge >= 0.3 is 0 Å². The van der Waals surface area contributed by atoms with Crippen molar-refractivity contribution in [1.82, 2.24) is 14.8 Å². The second-order valence-corrected chi connectivity index (χ2v) is 12.0. The van der Waals surface area contributed by atoms with Gasteiger partial charge in [-0.15, -0.1) is 0 Å². The summed E-state index contributed by atoms with van der Waals surface area (Å²) in [7, 11) is 1.64. The molecule has 0 radical (unpaired) electrons. The van der Waals surface area contributed by atoms with Gasteiger partial charge in [0.2, 0.25) is 11.8 Å². The fourth-order valence-corrected chi connectivity index (χ4v) is 6.29. The summed E-state index contributed by atoms with van der Waals surface area (Å²) in [6.07, 6.45) is 9.97. The van der Waals surface area contributed by atoms with Crippen LogP contribution in [0.4, 0.5) is 10.1 Å². The van der Waals surface area contributed by atoms with E-state index in [0.29, 0.717) is 52.7 Å². The molecule has 240 valence electrons. The third-order valence-corrected chi connectivity index (χ3v) is 9.06. The van der Waals surface area contributed by atoms with Crippen LogP contribution in [0, 0.1) is 17.7 Å². The number of hydrogen-bond donors (Lipinski definition) is 2. The molecule has 0 bridgehead atoms. The Morgan fingerprint density at radius 2 is 1.77 bits per heavy atom. The van der Waals surface area contributed by atoms with E-state index in [1.165, 1.54) is 12.5 Å². The Morgan fingerprint density at radius 3 is 2.51 bits per heavy atom. The molecule has 1 aliphatic carbocycles. The van der Waals surface area contributed by atoms with Gasteiger partial charge in [0.25, 0.3) is 0 Å². The number of nitrogens with zero attached hydrogens (tertiary/aromatic N) is 2. The number of anilines is 1. The third kappa shape index (κ3) is 9.16. The zero-order valence-electron chi connectivity index (χ0n) is 26.2. The summed E-state index contributed by atoms with van der Waals surface area (Å²) >= 11 is 0. The van der Waals surface area contributed by atoms with Gasteiger partial charge in [-0.3, -0.25) is 9.59 Å². The molecule has 2 aliphatic rings. The number of benzene rings is 1. The van der Waals surface area contributed by atoms with Crippen LogP contribution in [-0.2, 0) is 30.3 Å². The van der Waals surface area contributed by atoms with Crippen molar-refractivity contribution in [3.63, 3.8) is 0 Å². The van der Waals surface area contributed by atoms with E-state index in [2.05, 4.69) is 10.6 Å². The smallest absolute Gasteiger partial charge is 0.245 e. The Bertz CT molecular complexity index is 1170. The van der Waals surface area contributed by atoms with E-state index in [1.807, 2.05) is 29.5 Å². The van der Waals surface area contributed by atoms with E-state index in [0.717, 1.165) is 61.5 Å². The van der Waals surface area contributed by atoms with Crippen LogP contribution >= 0.6 is 0 Å². The number of nitrogens with one attached hydrogen (secondary N) is 2. The number of aromatic nitrogens is 1. The topological polar surface area (TPSA) is 94.1 Å².